The van der Waals surface area contributed by atoms with E-state index < -0.39 is 17.8 Å². The van der Waals surface area contributed by atoms with Crippen molar-refractivity contribution < 1.29 is 33.3 Å². The molecule has 37 heavy (non-hydrogen) atoms. The van der Waals surface area contributed by atoms with Crippen molar-refractivity contribution in [2.45, 2.75) is 51.6 Å². The SMILES string of the molecule is C=C(/C=C\C=C(/C)C[C@@H](C)NC[C@H](O)c1cc(O)cc(O)c1)CC(=O)NCc1cccc(C(F)(F)F)c1. The van der Waals surface area contributed by atoms with E-state index in [9.17, 15) is 33.3 Å². The molecule has 1 amide bonds. The first-order chi connectivity index (χ1) is 17.3. The summed E-state index contributed by atoms with van der Waals surface area (Å²) in [7, 11) is 0. The van der Waals surface area contributed by atoms with E-state index in [4.69, 9.17) is 0 Å². The van der Waals surface area contributed by atoms with Gasteiger partial charge in [-0.15, -0.1) is 0 Å². The number of hydrogen-bond donors (Lipinski definition) is 5. The van der Waals surface area contributed by atoms with Gasteiger partial charge >= 0.3 is 6.18 Å². The molecule has 0 aromatic heterocycles. The molecular weight excluding hydrogens is 485 g/mol. The van der Waals surface area contributed by atoms with Crippen LogP contribution >= 0.6 is 0 Å². The van der Waals surface area contributed by atoms with Gasteiger partial charge in [-0.1, -0.05) is 42.5 Å². The highest BCUT2D eigenvalue weighted by Gasteiger charge is 2.30. The number of amides is 1. The van der Waals surface area contributed by atoms with Gasteiger partial charge in [-0.2, -0.15) is 13.2 Å². The molecule has 0 aliphatic heterocycles. The van der Waals surface area contributed by atoms with Gasteiger partial charge in [0, 0.05) is 25.2 Å². The number of benzene rings is 2. The molecule has 0 heterocycles. The lowest BCUT2D eigenvalue weighted by atomic mass is 10.1. The van der Waals surface area contributed by atoms with Crippen molar-refractivity contribution >= 4 is 5.91 Å². The lowest BCUT2D eigenvalue weighted by Crippen LogP contribution is -2.30. The Morgan fingerprint density at radius 2 is 1.81 bits per heavy atom. The van der Waals surface area contributed by atoms with E-state index in [1.54, 1.807) is 12.2 Å². The molecule has 0 bridgehead atoms. The molecule has 2 aromatic rings. The number of carbonyl (C=O) groups is 1. The minimum absolute atomic E-state index is 0.00899. The van der Waals surface area contributed by atoms with E-state index in [1.165, 1.54) is 30.3 Å². The number of aliphatic hydroxyl groups is 1. The molecule has 0 spiro atoms. The summed E-state index contributed by atoms with van der Waals surface area (Å²) < 4.78 is 38.4. The Morgan fingerprint density at radius 3 is 2.46 bits per heavy atom. The van der Waals surface area contributed by atoms with E-state index >= 15 is 0 Å². The number of nitrogens with one attached hydrogen (secondary N) is 2. The van der Waals surface area contributed by atoms with Crippen LogP contribution in [-0.2, 0) is 17.5 Å². The molecule has 0 aliphatic rings. The smallest absolute Gasteiger partial charge is 0.416 e. The maximum atomic E-state index is 12.8. The molecule has 2 aromatic carbocycles. The van der Waals surface area contributed by atoms with E-state index in [2.05, 4.69) is 17.2 Å². The zero-order chi connectivity index (χ0) is 27.6. The van der Waals surface area contributed by atoms with Crippen molar-refractivity contribution in [3.63, 3.8) is 0 Å². The van der Waals surface area contributed by atoms with Gasteiger partial charge in [-0.25, -0.2) is 0 Å². The fraction of sp³-hybridized carbons (Fsp3) is 0.321. The molecule has 0 saturated heterocycles. The Balaban J connectivity index is 1.74. The summed E-state index contributed by atoms with van der Waals surface area (Å²) in [6.07, 6.45) is 0.728. The second-order valence-corrected chi connectivity index (χ2v) is 8.99. The Bertz CT molecular complexity index is 1120. The monoisotopic (exact) mass is 518 g/mol. The predicted molar refractivity (Wildman–Crippen MR) is 137 cm³/mol. The average Bonchev–Trinajstić information content (AvgIpc) is 2.80. The highest BCUT2D eigenvalue weighted by atomic mass is 19.4. The summed E-state index contributed by atoms with van der Waals surface area (Å²) in [6, 6.07) is 8.83. The third kappa shape index (κ3) is 10.9. The van der Waals surface area contributed by atoms with Crippen LogP contribution in [0, 0.1) is 0 Å². The molecule has 0 aliphatic carbocycles. The molecule has 9 heteroatoms. The molecule has 0 saturated carbocycles. The molecule has 200 valence electrons. The number of rotatable bonds is 12. The van der Waals surface area contributed by atoms with E-state index in [0.717, 1.165) is 17.7 Å². The van der Waals surface area contributed by atoms with Crippen molar-refractivity contribution in [3.8, 4) is 11.5 Å². The number of phenolic OH excluding ortho intramolecular Hbond substituents is 2. The second-order valence-electron chi connectivity index (χ2n) is 8.99. The number of hydrogen-bond acceptors (Lipinski definition) is 5. The largest absolute Gasteiger partial charge is 0.508 e. The van der Waals surface area contributed by atoms with Crippen LogP contribution in [0.2, 0.25) is 0 Å². The number of allylic oxidation sites excluding steroid dienone is 3. The van der Waals surface area contributed by atoms with E-state index in [0.29, 0.717) is 23.1 Å². The quantitative estimate of drug-likeness (QED) is 0.246. The highest BCUT2D eigenvalue weighted by Crippen LogP contribution is 2.29. The summed E-state index contributed by atoms with van der Waals surface area (Å²) in [6.45, 7) is 7.97. The van der Waals surface area contributed by atoms with Crippen molar-refractivity contribution in [1.82, 2.24) is 10.6 Å². The van der Waals surface area contributed by atoms with Crippen LogP contribution in [0.15, 0.2) is 78.4 Å². The van der Waals surface area contributed by atoms with Crippen LogP contribution in [-0.4, -0.2) is 33.8 Å². The van der Waals surface area contributed by atoms with Gasteiger partial charge in [0.25, 0.3) is 0 Å². The first kappa shape index (κ1) is 29.7. The maximum Gasteiger partial charge on any atom is 0.416 e. The molecule has 2 rings (SSSR count). The number of aliphatic hydroxyl groups excluding tert-OH is 1. The molecule has 0 fully saturated rings. The van der Waals surface area contributed by atoms with Gasteiger partial charge in [0.2, 0.25) is 5.91 Å². The molecule has 6 nitrogen and oxygen atoms in total. The number of halogens is 3. The van der Waals surface area contributed by atoms with Gasteiger partial charge < -0.3 is 26.0 Å². The Hall–Kier alpha value is -3.56. The van der Waals surface area contributed by atoms with Crippen LogP contribution in [0.25, 0.3) is 0 Å². The second kappa shape index (κ2) is 13.7. The Labute approximate surface area is 214 Å². The summed E-state index contributed by atoms with van der Waals surface area (Å²) in [5.74, 6) is -0.589. The zero-order valence-corrected chi connectivity index (χ0v) is 20.8. The van der Waals surface area contributed by atoms with Crippen molar-refractivity contribution in [2.24, 2.45) is 0 Å². The number of phenols is 2. The van der Waals surface area contributed by atoms with Gasteiger partial charge in [-0.3, -0.25) is 4.79 Å². The molecular formula is C28H33F3N2O4. The minimum Gasteiger partial charge on any atom is -0.508 e. The standard InChI is InChI=1S/C28H33F3N2O4/c1-18(10-20(3)32-17-26(36)22-13-24(34)15-25(35)14-22)6-4-7-19(2)11-27(37)33-16-21-8-5-9-23(12-21)28(29,30)31/h4-9,12-15,20,26,32,34-36H,2,10-11,16-17H2,1,3H3,(H,33,37)/b7-4-,18-6+/t20-,26+/m1/s1. The van der Waals surface area contributed by atoms with E-state index in [-0.39, 0.29) is 43.0 Å². The number of aromatic hydroxyl groups is 2. The number of carbonyl (C=O) groups excluding carboxylic acids is 1. The summed E-state index contributed by atoms with van der Waals surface area (Å²) in [5.41, 5.74) is 1.60. The summed E-state index contributed by atoms with van der Waals surface area (Å²) in [4.78, 5) is 12.1. The highest BCUT2D eigenvalue weighted by molar-refractivity contribution is 5.79. The topological polar surface area (TPSA) is 102 Å². The summed E-state index contributed by atoms with van der Waals surface area (Å²) >= 11 is 0. The van der Waals surface area contributed by atoms with Gasteiger partial charge in [-0.05, 0) is 61.2 Å². The minimum atomic E-state index is -4.43. The van der Waals surface area contributed by atoms with Crippen LogP contribution in [0.1, 0.15) is 49.5 Å². The fourth-order valence-corrected chi connectivity index (χ4v) is 3.60. The first-order valence-electron chi connectivity index (χ1n) is 11.7. The van der Waals surface area contributed by atoms with Crippen molar-refractivity contribution in [1.29, 1.82) is 0 Å². The molecule has 0 radical (unpaired) electrons. The Morgan fingerprint density at radius 1 is 1.14 bits per heavy atom. The van der Waals surface area contributed by atoms with Crippen LogP contribution in [0.5, 0.6) is 11.5 Å². The van der Waals surface area contributed by atoms with Crippen LogP contribution in [0.3, 0.4) is 0 Å². The fourth-order valence-electron chi connectivity index (χ4n) is 3.60. The average molecular weight is 519 g/mol. The van der Waals surface area contributed by atoms with E-state index in [1.807, 2.05) is 19.9 Å². The normalized spacial score (nSPS) is 13.9. The van der Waals surface area contributed by atoms with Crippen molar-refractivity contribution in [2.75, 3.05) is 6.54 Å². The van der Waals surface area contributed by atoms with Crippen LogP contribution < -0.4 is 10.6 Å². The number of alkyl halides is 3. The van der Waals surface area contributed by atoms with Gasteiger partial charge in [0.1, 0.15) is 11.5 Å². The van der Waals surface area contributed by atoms with Gasteiger partial charge in [0.15, 0.2) is 0 Å². The van der Waals surface area contributed by atoms with Gasteiger partial charge in [0.05, 0.1) is 18.1 Å². The first-order valence-corrected chi connectivity index (χ1v) is 11.7. The molecule has 2 atom stereocenters. The molecule has 5 N–H and O–H groups in total. The Kier molecular flexibility index (Phi) is 11.0. The maximum absolute atomic E-state index is 12.8. The third-order valence-electron chi connectivity index (χ3n) is 5.44. The third-order valence-corrected chi connectivity index (χ3v) is 5.44. The van der Waals surface area contributed by atoms with Crippen LogP contribution in [0.4, 0.5) is 13.2 Å². The summed E-state index contributed by atoms with van der Waals surface area (Å²) in [5, 5.41) is 35.2. The zero-order valence-electron chi connectivity index (χ0n) is 20.8. The van der Waals surface area contributed by atoms with Crippen molar-refractivity contribution in [3.05, 3.63) is 95.1 Å². The molecule has 0 unspecified atom stereocenters. The lowest BCUT2D eigenvalue weighted by Gasteiger charge is -2.18. The lowest BCUT2D eigenvalue weighted by molar-refractivity contribution is -0.137. The predicted octanol–water partition coefficient (Wildman–Crippen LogP) is 5.28.